The van der Waals surface area contributed by atoms with E-state index in [0.29, 0.717) is 13.1 Å². The van der Waals surface area contributed by atoms with Crippen molar-refractivity contribution in [3.05, 3.63) is 48.0 Å². The Labute approximate surface area is 129 Å². The smallest absolute Gasteiger partial charge is 0.410 e. The summed E-state index contributed by atoms with van der Waals surface area (Å²) < 4.78 is 6.78. The van der Waals surface area contributed by atoms with E-state index in [1.54, 1.807) is 11.2 Å². The number of piperidine rings is 1. The second kappa shape index (κ2) is 6.60. The molecule has 1 fully saturated rings. The van der Waals surface area contributed by atoms with Crippen LogP contribution in [-0.2, 0) is 11.3 Å². The van der Waals surface area contributed by atoms with E-state index in [-0.39, 0.29) is 12.1 Å². The van der Waals surface area contributed by atoms with Gasteiger partial charge in [0, 0.05) is 6.54 Å². The first-order valence-electron chi connectivity index (χ1n) is 7.56. The molecule has 3 rings (SSSR count). The van der Waals surface area contributed by atoms with Crippen molar-refractivity contribution in [3.8, 4) is 0 Å². The topological polar surface area (TPSA) is 60.2 Å². The van der Waals surface area contributed by atoms with Crippen LogP contribution in [0.5, 0.6) is 0 Å². The first-order chi connectivity index (χ1) is 10.8. The lowest BCUT2D eigenvalue weighted by Gasteiger charge is -2.33. The monoisotopic (exact) mass is 300 g/mol. The maximum atomic E-state index is 12.0. The molecule has 1 amide bonds. The molecule has 0 aliphatic carbocycles. The van der Waals surface area contributed by atoms with Crippen LogP contribution >= 0.6 is 0 Å². The normalized spacial score (nSPS) is 18.2. The van der Waals surface area contributed by atoms with Gasteiger partial charge in [0.05, 0.1) is 19.7 Å². The Balaban J connectivity index is 1.85. The largest absolute Gasteiger partial charge is 0.453 e. The van der Waals surface area contributed by atoms with Crippen molar-refractivity contribution in [3.63, 3.8) is 0 Å². The molecule has 1 aliphatic heterocycles. The van der Waals surface area contributed by atoms with Crippen LogP contribution in [0.1, 0.15) is 36.7 Å². The number of carbonyl (C=O) groups is 1. The van der Waals surface area contributed by atoms with Crippen molar-refractivity contribution in [2.75, 3.05) is 13.7 Å². The summed E-state index contributed by atoms with van der Waals surface area (Å²) in [6.45, 7) is 1.36. The molecule has 0 saturated carbocycles. The van der Waals surface area contributed by atoms with E-state index in [2.05, 4.69) is 22.2 Å². The summed E-state index contributed by atoms with van der Waals surface area (Å²) >= 11 is 0. The van der Waals surface area contributed by atoms with Gasteiger partial charge in [0.2, 0.25) is 0 Å². The predicted octanol–water partition coefficient (Wildman–Crippen LogP) is 2.62. The van der Waals surface area contributed by atoms with Crippen LogP contribution in [0.2, 0.25) is 0 Å². The summed E-state index contributed by atoms with van der Waals surface area (Å²) in [6, 6.07) is 10.1. The summed E-state index contributed by atoms with van der Waals surface area (Å²) in [5, 5.41) is 4.33. The number of amides is 1. The van der Waals surface area contributed by atoms with Crippen LogP contribution in [0, 0.1) is 0 Å². The Morgan fingerprint density at radius 3 is 2.91 bits per heavy atom. The Morgan fingerprint density at radius 2 is 2.14 bits per heavy atom. The zero-order valence-corrected chi connectivity index (χ0v) is 12.7. The van der Waals surface area contributed by atoms with E-state index in [1.165, 1.54) is 7.11 Å². The molecule has 1 aromatic carbocycles. The van der Waals surface area contributed by atoms with Gasteiger partial charge in [-0.05, 0) is 24.8 Å². The summed E-state index contributed by atoms with van der Waals surface area (Å²) in [5.41, 5.74) is 1.16. The van der Waals surface area contributed by atoms with Gasteiger partial charge in [-0.2, -0.15) is 5.10 Å². The average molecular weight is 300 g/mol. The molecular weight excluding hydrogens is 280 g/mol. The molecular formula is C16H20N4O2. The SMILES string of the molecule is COC(=O)N1CCCC[C@@H]1c1ncnn1Cc1ccccc1. The Kier molecular flexibility index (Phi) is 4.37. The first-order valence-corrected chi connectivity index (χ1v) is 7.56. The van der Waals surface area contributed by atoms with E-state index >= 15 is 0 Å². The van der Waals surface area contributed by atoms with E-state index in [9.17, 15) is 4.79 Å². The van der Waals surface area contributed by atoms with Crippen LogP contribution in [0.15, 0.2) is 36.7 Å². The highest BCUT2D eigenvalue weighted by atomic mass is 16.5. The molecule has 22 heavy (non-hydrogen) atoms. The number of aromatic nitrogens is 3. The molecule has 1 saturated heterocycles. The maximum absolute atomic E-state index is 12.0. The summed E-state index contributed by atoms with van der Waals surface area (Å²) in [6.07, 6.45) is 4.23. The van der Waals surface area contributed by atoms with Gasteiger partial charge in [-0.15, -0.1) is 0 Å². The van der Waals surface area contributed by atoms with E-state index in [4.69, 9.17) is 4.74 Å². The van der Waals surface area contributed by atoms with E-state index in [0.717, 1.165) is 30.7 Å². The van der Waals surface area contributed by atoms with Crippen molar-refractivity contribution in [2.24, 2.45) is 0 Å². The minimum atomic E-state index is -0.293. The van der Waals surface area contributed by atoms with Crippen LogP contribution < -0.4 is 0 Å². The zero-order chi connectivity index (χ0) is 15.4. The van der Waals surface area contributed by atoms with Gasteiger partial charge in [0.15, 0.2) is 0 Å². The highest BCUT2D eigenvalue weighted by molar-refractivity contribution is 5.68. The van der Waals surface area contributed by atoms with Crippen molar-refractivity contribution in [2.45, 2.75) is 31.8 Å². The van der Waals surface area contributed by atoms with Gasteiger partial charge in [0.25, 0.3) is 0 Å². The lowest BCUT2D eigenvalue weighted by molar-refractivity contribution is 0.0856. The van der Waals surface area contributed by atoms with Gasteiger partial charge in [-0.3, -0.25) is 4.90 Å². The molecule has 0 spiro atoms. The molecule has 0 N–H and O–H groups in total. The van der Waals surface area contributed by atoms with Crippen molar-refractivity contribution in [1.82, 2.24) is 19.7 Å². The summed E-state index contributed by atoms with van der Waals surface area (Å²) in [4.78, 5) is 18.2. The number of likely N-dealkylation sites (tertiary alicyclic amines) is 1. The molecule has 116 valence electrons. The molecule has 6 nitrogen and oxygen atoms in total. The first kappa shape index (κ1) is 14.6. The highest BCUT2D eigenvalue weighted by Gasteiger charge is 2.31. The average Bonchev–Trinajstić information content (AvgIpc) is 3.03. The number of benzene rings is 1. The third-order valence-electron chi connectivity index (χ3n) is 4.03. The second-order valence-electron chi connectivity index (χ2n) is 5.44. The highest BCUT2D eigenvalue weighted by Crippen LogP contribution is 2.30. The van der Waals surface area contributed by atoms with Crippen molar-refractivity contribution in [1.29, 1.82) is 0 Å². The molecule has 6 heteroatoms. The molecule has 1 aromatic heterocycles. The predicted molar refractivity (Wildman–Crippen MR) is 81.3 cm³/mol. The quantitative estimate of drug-likeness (QED) is 0.874. The summed E-state index contributed by atoms with van der Waals surface area (Å²) in [7, 11) is 1.42. The van der Waals surface area contributed by atoms with Gasteiger partial charge in [0.1, 0.15) is 12.2 Å². The number of rotatable bonds is 3. The maximum Gasteiger partial charge on any atom is 0.410 e. The molecule has 1 aliphatic rings. The fourth-order valence-electron chi connectivity index (χ4n) is 2.95. The van der Waals surface area contributed by atoms with Gasteiger partial charge in [-0.25, -0.2) is 14.5 Å². The second-order valence-corrected chi connectivity index (χ2v) is 5.44. The van der Waals surface area contributed by atoms with Gasteiger partial charge < -0.3 is 4.74 Å². The lowest BCUT2D eigenvalue weighted by atomic mass is 10.0. The minimum Gasteiger partial charge on any atom is -0.453 e. The molecule has 1 atom stereocenters. The number of carbonyl (C=O) groups excluding carboxylic acids is 1. The summed E-state index contributed by atoms with van der Waals surface area (Å²) in [5.74, 6) is 0.828. The third-order valence-corrected chi connectivity index (χ3v) is 4.03. The molecule has 0 bridgehead atoms. The van der Waals surface area contributed by atoms with Gasteiger partial charge >= 0.3 is 6.09 Å². The zero-order valence-electron chi connectivity index (χ0n) is 12.7. The molecule has 2 heterocycles. The van der Waals surface area contributed by atoms with Gasteiger partial charge in [-0.1, -0.05) is 30.3 Å². The number of hydrogen-bond donors (Lipinski definition) is 0. The Hall–Kier alpha value is -2.37. The third kappa shape index (κ3) is 2.95. The number of ether oxygens (including phenoxy) is 1. The van der Waals surface area contributed by atoms with Crippen LogP contribution in [0.25, 0.3) is 0 Å². The fraction of sp³-hybridized carbons (Fsp3) is 0.438. The van der Waals surface area contributed by atoms with Crippen LogP contribution in [-0.4, -0.2) is 39.4 Å². The number of hydrogen-bond acceptors (Lipinski definition) is 4. The van der Waals surface area contributed by atoms with E-state index < -0.39 is 0 Å². The Bertz CT molecular complexity index is 626. The molecule has 0 unspecified atom stereocenters. The lowest BCUT2D eigenvalue weighted by Crippen LogP contribution is -2.39. The minimum absolute atomic E-state index is 0.0626. The van der Waals surface area contributed by atoms with Crippen LogP contribution in [0.3, 0.4) is 0 Å². The van der Waals surface area contributed by atoms with E-state index in [1.807, 2.05) is 22.9 Å². The molecule has 0 radical (unpaired) electrons. The fourth-order valence-corrected chi connectivity index (χ4v) is 2.95. The number of methoxy groups -OCH3 is 1. The standard InChI is InChI=1S/C16H20N4O2/c1-22-16(21)19-10-6-5-9-14(19)15-17-12-18-20(15)11-13-7-3-2-4-8-13/h2-4,7-8,12,14H,5-6,9-11H2,1H3/t14-/m1/s1. The van der Waals surface area contributed by atoms with Crippen LogP contribution in [0.4, 0.5) is 4.79 Å². The number of nitrogens with zero attached hydrogens (tertiary/aromatic N) is 4. The van der Waals surface area contributed by atoms with Crippen molar-refractivity contribution >= 4 is 6.09 Å². The molecule has 2 aromatic rings. The Morgan fingerprint density at radius 1 is 1.32 bits per heavy atom. The van der Waals surface area contributed by atoms with Crippen molar-refractivity contribution < 1.29 is 9.53 Å².